The van der Waals surface area contributed by atoms with Crippen molar-refractivity contribution in [2.45, 2.75) is 122 Å². The number of alkyl halides is 1. The van der Waals surface area contributed by atoms with Crippen molar-refractivity contribution in [2.75, 3.05) is 0 Å². The van der Waals surface area contributed by atoms with Crippen molar-refractivity contribution < 1.29 is 9.53 Å². The van der Waals surface area contributed by atoms with Gasteiger partial charge in [0.15, 0.2) is 0 Å². The first kappa shape index (κ1) is 29.6. The van der Waals surface area contributed by atoms with Crippen LogP contribution in [0.15, 0.2) is 42.0 Å². The first-order valence-corrected chi connectivity index (χ1v) is 17.4. The summed E-state index contributed by atoms with van der Waals surface area (Å²) in [7, 11) is 0. The molecule has 4 aliphatic carbocycles. The minimum absolute atomic E-state index is 0.0321. The monoisotopic (exact) mass is 644 g/mol. The molecule has 4 aliphatic rings. The van der Waals surface area contributed by atoms with Crippen molar-refractivity contribution in [3.63, 3.8) is 0 Å². The Kier molecular flexibility index (Phi) is 9.26. The molecule has 0 spiro atoms. The molecule has 0 radical (unpaired) electrons. The van der Waals surface area contributed by atoms with E-state index in [0.717, 1.165) is 54.8 Å². The third-order valence-corrected chi connectivity index (χ3v) is 13.0. The highest BCUT2D eigenvalue weighted by Crippen LogP contribution is 2.67. The summed E-state index contributed by atoms with van der Waals surface area (Å²) in [4.78, 5) is 13.0. The SMILES string of the molecule is CC(C)CCC[C@@H](C)[C@H]1CC[C@H]2[C@@H]3CC=C4C[C@@H](OC(=O)[C@H](I)Cc5ccccc5)CC[C@]4(C)[C@H]3CC[C@]12C. The van der Waals surface area contributed by atoms with Gasteiger partial charge in [-0.3, -0.25) is 4.79 Å². The summed E-state index contributed by atoms with van der Waals surface area (Å²) in [6.07, 6.45) is 17.8. The highest BCUT2D eigenvalue weighted by atomic mass is 127. The molecule has 0 saturated heterocycles. The lowest BCUT2D eigenvalue weighted by Gasteiger charge is -2.58. The number of allylic oxidation sites excluding steroid dienone is 1. The van der Waals surface area contributed by atoms with Crippen LogP contribution in [0.25, 0.3) is 0 Å². The molecule has 0 amide bonds. The Hall–Kier alpha value is -0.840. The van der Waals surface area contributed by atoms with Crippen LogP contribution >= 0.6 is 22.6 Å². The molecule has 0 aliphatic heterocycles. The van der Waals surface area contributed by atoms with Gasteiger partial charge in [0.1, 0.15) is 10.0 Å². The molecule has 5 rings (SSSR count). The molecule has 0 N–H and O–H groups in total. The number of fused-ring (bicyclic) bond motifs is 5. The standard InChI is InChI=1S/C36H53IO2/c1-24(2)10-9-11-25(3)30-16-17-31-29-15-14-27-23-28(18-20-35(27,4)32(29)19-21-36(30,31)5)39-34(38)33(37)22-26-12-7-6-8-13-26/h6-8,12-14,24-25,28-33H,9-11,15-23H2,1-5H3/t25-,28+,29+,30-,31+,32+,33-,35+,36-/m1/s1. The van der Waals surface area contributed by atoms with E-state index in [9.17, 15) is 4.79 Å². The molecule has 3 saturated carbocycles. The van der Waals surface area contributed by atoms with Crippen LogP contribution < -0.4 is 0 Å². The van der Waals surface area contributed by atoms with Crippen LogP contribution in [0, 0.1) is 46.3 Å². The van der Waals surface area contributed by atoms with E-state index in [1.807, 2.05) is 18.2 Å². The van der Waals surface area contributed by atoms with E-state index >= 15 is 0 Å². The molecule has 0 bridgehead atoms. The molecule has 3 fully saturated rings. The normalized spacial score (nSPS) is 37.3. The van der Waals surface area contributed by atoms with Gasteiger partial charge in [0, 0.05) is 6.42 Å². The van der Waals surface area contributed by atoms with Crippen molar-refractivity contribution in [2.24, 2.45) is 46.3 Å². The summed E-state index contributed by atoms with van der Waals surface area (Å²) in [5, 5.41) is 0. The van der Waals surface area contributed by atoms with Gasteiger partial charge in [-0.2, -0.15) is 0 Å². The van der Waals surface area contributed by atoms with Gasteiger partial charge >= 0.3 is 5.97 Å². The van der Waals surface area contributed by atoms with Crippen LogP contribution in [0.2, 0.25) is 0 Å². The highest BCUT2D eigenvalue weighted by Gasteiger charge is 2.59. The lowest BCUT2D eigenvalue weighted by Crippen LogP contribution is -2.51. The first-order valence-electron chi connectivity index (χ1n) is 16.2. The van der Waals surface area contributed by atoms with Gasteiger partial charge in [-0.05, 0) is 103 Å². The Morgan fingerprint density at radius 2 is 1.77 bits per heavy atom. The quantitative estimate of drug-likeness (QED) is 0.116. The number of rotatable bonds is 9. The fourth-order valence-corrected chi connectivity index (χ4v) is 10.6. The second kappa shape index (κ2) is 12.2. The van der Waals surface area contributed by atoms with Gasteiger partial charge in [-0.1, -0.05) is 118 Å². The Labute approximate surface area is 252 Å². The van der Waals surface area contributed by atoms with Crippen molar-refractivity contribution in [3.8, 4) is 0 Å². The zero-order valence-corrected chi connectivity index (χ0v) is 27.4. The maximum absolute atomic E-state index is 13.0. The third kappa shape index (κ3) is 6.05. The van der Waals surface area contributed by atoms with E-state index < -0.39 is 0 Å². The Balaban J connectivity index is 1.21. The molecule has 1 aromatic carbocycles. The molecule has 0 unspecified atom stereocenters. The van der Waals surface area contributed by atoms with Crippen molar-refractivity contribution in [1.29, 1.82) is 0 Å². The molecule has 39 heavy (non-hydrogen) atoms. The zero-order chi connectivity index (χ0) is 27.8. The van der Waals surface area contributed by atoms with Crippen LogP contribution in [0.4, 0.5) is 0 Å². The van der Waals surface area contributed by atoms with E-state index in [-0.39, 0.29) is 16.0 Å². The van der Waals surface area contributed by atoms with Crippen LogP contribution in [-0.2, 0) is 16.0 Å². The molecule has 0 heterocycles. The second-order valence-electron chi connectivity index (χ2n) is 14.7. The van der Waals surface area contributed by atoms with Crippen molar-refractivity contribution in [1.82, 2.24) is 0 Å². The number of ether oxygens (including phenoxy) is 1. The minimum atomic E-state index is -0.123. The molecule has 1 aromatic rings. The van der Waals surface area contributed by atoms with Crippen LogP contribution in [0.1, 0.15) is 111 Å². The number of halogens is 1. The van der Waals surface area contributed by atoms with E-state index in [1.54, 1.807) is 5.57 Å². The van der Waals surface area contributed by atoms with Crippen LogP contribution in [0.5, 0.6) is 0 Å². The maximum Gasteiger partial charge on any atom is 0.319 e. The first-order chi connectivity index (χ1) is 18.6. The smallest absolute Gasteiger partial charge is 0.319 e. The van der Waals surface area contributed by atoms with Gasteiger partial charge in [-0.15, -0.1) is 0 Å². The minimum Gasteiger partial charge on any atom is -0.461 e. The topological polar surface area (TPSA) is 26.3 Å². The largest absolute Gasteiger partial charge is 0.461 e. The average Bonchev–Trinajstić information content (AvgIpc) is 3.26. The molecule has 216 valence electrons. The summed E-state index contributed by atoms with van der Waals surface area (Å²) in [5.74, 6) is 5.16. The fraction of sp³-hybridized carbons (Fsp3) is 0.750. The molecular formula is C36H53IO2. The summed E-state index contributed by atoms with van der Waals surface area (Å²) < 4.78 is 6.02. The number of hydrogen-bond acceptors (Lipinski definition) is 2. The van der Waals surface area contributed by atoms with E-state index in [1.165, 1.54) is 63.4 Å². The third-order valence-electron chi connectivity index (χ3n) is 12.1. The lowest BCUT2D eigenvalue weighted by atomic mass is 9.47. The zero-order valence-electron chi connectivity index (χ0n) is 25.3. The molecule has 9 atom stereocenters. The second-order valence-corrected chi connectivity index (χ2v) is 16.3. The summed E-state index contributed by atoms with van der Waals surface area (Å²) in [5.41, 5.74) is 3.67. The van der Waals surface area contributed by atoms with E-state index in [0.29, 0.717) is 10.8 Å². The summed E-state index contributed by atoms with van der Waals surface area (Å²) >= 11 is 2.27. The van der Waals surface area contributed by atoms with Crippen LogP contribution in [-0.4, -0.2) is 16.0 Å². The van der Waals surface area contributed by atoms with Gasteiger partial charge in [-0.25, -0.2) is 0 Å². The molecular weight excluding hydrogens is 591 g/mol. The van der Waals surface area contributed by atoms with E-state index in [4.69, 9.17) is 4.74 Å². The lowest BCUT2D eigenvalue weighted by molar-refractivity contribution is -0.150. The number of hydrogen-bond donors (Lipinski definition) is 0. The van der Waals surface area contributed by atoms with Gasteiger partial charge in [0.2, 0.25) is 0 Å². The Morgan fingerprint density at radius 1 is 1.00 bits per heavy atom. The number of benzene rings is 1. The van der Waals surface area contributed by atoms with E-state index in [2.05, 4.69) is 75.4 Å². The number of esters is 1. The molecule has 3 heteroatoms. The number of carbonyl (C=O) groups excluding carboxylic acids is 1. The average molecular weight is 645 g/mol. The summed E-state index contributed by atoms with van der Waals surface area (Å²) in [6, 6.07) is 10.3. The number of carbonyl (C=O) groups is 1. The molecule has 2 nitrogen and oxygen atoms in total. The van der Waals surface area contributed by atoms with Crippen molar-refractivity contribution >= 4 is 28.6 Å². The fourth-order valence-electron chi connectivity index (χ4n) is 9.90. The predicted octanol–water partition coefficient (Wildman–Crippen LogP) is 9.99. The highest BCUT2D eigenvalue weighted by molar-refractivity contribution is 14.1. The Bertz CT molecular complexity index is 1020. The Morgan fingerprint density at radius 3 is 2.51 bits per heavy atom. The van der Waals surface area contributed by atoms with Gasteiger partial charge < -0.3 is 4.74 Å². The van der Waals surface area contributed by atoms with Crippen LogP contribution in [0.3, 0.4) is 0 Å². The maximum atomic E-state index is 13.0. The van der Waals surface area contributed by atoms with Gasteiger partial charge in [0.25, 0.3) is 0 Å². The van der Waals surface area contributed by atoms with Gasteiger partial charge in [0.05, 0.1) is 0 Å². The van der Waals surface area contributed by atoms with Crippen molar-refractivity contribution in [3.05, 3.63) is 47.5 Å². The molecule has 0 aromatic heterocycles. The predicted molar refractivity (Wildman–Crippen MR) is 171 cm³/mol. The summed E-state index contributed by atoms with van der Waals surface area (Å²) in [6.45, 7) is 12.6.